The fourth-order valence-electron chi connectivity index (χ4n) is 1.30. The van der Waals surface area contributed by atoms with Crippen molar-refractivity contribution in [3.63, 3.8) is 0 Å². The molecule has 0 amide bonds. The molecule has 0 aliphatic heterocycles. The summed E-state index contributed by atoms with van der Waals surface area (Å²) in [4.78, 5) is 2.67. The monoisotopic (exact) mass is 228 g/mol. The van der Waals surface area contributed by atoms with Gasteiger partial charge in [-0.05, 0) is 29.6 Å². The molecule has 1 aromatic rings. The first-order valence-electron chi connectivity index (χ1n) is 5.07. The van der Waals surface area contributed by atoms with Gasteiger partial charge in [0.2, 0.25) is 0 Å². The van der Waals surface area contributed by atoms with Gasteiger partial charge in [-0.3, -0.25) is 0 Å². The summed E-state index contributed by atoms with van der Waals surface area (Å²) in [6.07, 6.45) is 4.50. The summed E-state index contributed by atoms with van der Waals surface area (Å²) in [6.45, 7) is 0.445. The topological polar surface area (TPSA) is 81.8 Å². The summed E-state index contributed by atoms with van der Waals surface area (Å²) in [6, 6.07) is 7.40. The molecule has 0 saturated carbocycles. The molecule has 17 heavy (non-hydrogen) atoms. The van der Waals surface area contributed by atoms with Crippen LogP contribution in [0.25, 0.3) is 16.5 Å². The van der Waals surface area contributed by atoms with Gasteiger partial charge in [-0.1, -0.05) is 23.3 Å². The van der Waals surface area contributed by atoms with Crippen molar-refractivity contribution >= 4 is 6.08 Å². The van der Waals surface area contributed by atoms with Crippen LogP contribution < -0.4 is 4.74 Å². The van der Waals surface area contributed by atoms with Crippen molar-refractivity contribution in [3.05, 3.63) is 45.8 Å². The van der Waals surface area contributed by atoms with Crippen molar-refractivity contribution in [2.45, 2.75) is 6.42 Å². The summed E-state index contributed by atoms with van der Waals surface area (Å²) < 4.78 is 5.10. The molecule has 0 unspecified atom stereocenters. The lowest BCUT2D eigenvalue weighted by Crippen LogP contribution is -1.88. The van der Waals surface area contributed by atoms with E-state index >= 15 is 0 Å². The average Bonchev–Trinajstić information content (AvgIpc) is 2.38. The van der Waals surface area contributed by atoms with Crippen molar-refractivity contribution in [2.75, 3.05) is 13.7 Å². The number of ether oxygens (including phenoxy) is 1. The number of nitrogens with zero attached hydrogens (tertiary/aromatic N) is 4. The van der Waals surface area contributed by atoms with Gasteiger partial charge < -0.3 is 4.74 Å². The van der Waals surface area contributed by atoms with Crippen LogP contribution in [0.2, 0.25) is 0 Å². The third-order valence-electron chi connectivity index (χ3n) is 2.12. The van der Waals surface area contributed by atoms with Gasteiger partial charge in [-0.2, -0.15) is 5.26 Å². The standard InChI is InChI=1S/C12H12N4O/c1-17-12-8-10(5-6-11(12)9-13)4-2-3-7-15-16-14/h2,4-6,8H,3,7H2,1H3. The molecule has 5 heteroatoms. The van der Waals surface area contributed by atoms with Gasteiger partial charge >= 0.3 is 0 Å². The summed E-state index contributed by atoms with van der Waals surface area (Å²) in [5.74, 6) is 0.560. The molecule has 0 bridgehead atoms. The zero-order valence-electron chi connectivity index (χ0n) is 9.50. The van der Waals surface area contributed by atoms with E-state index in [0.29, 0.717) is 24.3 Å². The third-order valence-corrected chi connectivity index (χ3v) is 2.12. The normalized spacial score (nSPS) is 9.65. The quantitative estimate of drug-likeness (QED) is 0.335. The van der Waals surface area contributed by atoms with Crippen LogP contribution in [0.4, 0.5) is 0 Å². The molecule has 1 rings (SSSR count). The van der Waals surface area contributed by atoms with E-state index in [9.17, 15) is 0 Å². The van der Waals surface area contributed by atoms with Crippen LogP contribution >= 0.6 is 0 Å². The minimum atomic E-state index is 0.445. The highest BCUT2D eigenvalue weighted by Gasteiger charge is 2.01. The van der Waals surface area contributed by atoms with Crippen molar-refractivity contribution in [3.8, 4) is 11.8 Å². The highest BCUT2D eigenvalue weighted by molar-refractivity contribution is 5.56. The Labute approximate surface area is 99.6 Å². The SMILES string of the molecule is COc1cc(C=CCCN=[N+]=[N-])ccc1C#N. The zero-order chi connectivity index (χ0) is 12.5. The molecule has 0 fully saturated rings. The Kier molecular flexibility index (Phi) is 5.15. The lowest BCUT2D eigenvalue weighted by Gasteiger charge is -2.03. The number of hydrogen-bond donors (Lipinski definition) is 0. The first-order chi connectivity index (χ1) is 8.31. The predicted octanol–water partition coefficient (Wildman–Crippen LogP) is 3.28. The number of methoxy groups -OCH3 is 1. The second-order valence-electron chi connectivity index (χ2n) is 3.22. The molecule has 0 saturated heterocycles. The molecule has 0 spiro atoms. The maximum absolute atomic E-state index is 8.82. The van der Waals surface area contributed by atoms with Crippen LogP contribution in [-0.2, 0) is 0 Å². The van der Waals surface area contributed by atoms with Crippen LogP contribution in [0.1, 0.15) is 17.5 Å². The maximum atomic E-state index is 8.82. The lowest BCUT2D eigenvalue weighted by molar-refractivity contribution is 0.413. The van der Waals surface area contributed by atoms with Gasteiger partial charge in [0, 0.05) is 11.5 Å². The molecule has 0 aromatic heterocycles. The molecule has 1 aromatic carbocycles. The highest BCUT2D eigenvalue weighted by Crippen LogP contribution is 2.20. The Morgan fingerprint density at radius 1 is 1.59 bits per heavy atom. The van der Waals surface area contributed by atoms with Crippen molar-refractivity contribution < 1.29 is 4.74 Å². The van der Waals surface area contributed by atoms with Gasteiger partial charge in [-0.25, -0.2) is 0 Å². The summed E-state index contributed by atoms with van der Waals surface area (Å²) in [7, 11) is 1.53. The van der Waals surface area contributed by atoms with Gasteiger partial charge in [-0.15, -0.1) is 0 Å². The number of azide groups is 1. The van der Waals surface area contributed by atoms with Gasteiger partial charge in [0.1, 0.15) is 11.8 Å². The molecule has 0 atom stereocenters. The molecular formula is C12H12N4O. The second kappa shape index (κ2) is 6.94. The van der Waals surface area contributed by atoms with E-state index < -0.39 is 0 Å². The highest BCUT2D eigenvalue weighted by atomic mass is 16.5. The summed E-state index contributed by atoms with van der Waals surface area (Å²) in [5, 5.41) is 12.2. The first-order valence-corrected chi connectivity index (χ1v) is 5.07. The fraction of sp³-hybridized carbons (Fsp3) is 0.250. The Morgan fingerprint density at radius 2 is 2.41 bits per heavy atom. The molecule has 0 aliphatic carbocycles. The van der Waals surface area contributed by atoms with Gasteiger partial charge in [0.15, 0.2) is 0 Å². The second-order valence-corrected chi connectivity index (χ2v) is 3.22. The fourth-order valence-corrected chi connectivity index (χ4v) is 1.30. The van der Waals surface area contributed by atoms with E-state index in [-0.39, 0.29) is 0 Å². The van der Waals surface area contributed by atoms with Crippen LogP contribution in [0, 0.1) is 11.3 Å². The number of nitriles is 1. The van der Waals surface area contributed by atoms with Crippen LogP contribution in [-0.4, -0.2) is 13.7 Å². The maximum Gasteiger partial charge on any atom is 0.137 e. The van der Waals surface area contributed by atoms with Crippen molar-refractivity contribution in [1.29, 1.82) is 5.26 Å². The summed E-state index contributed by atoms with van der Waals surface area (Å²) >= 11 is 0. The Bertz CT molecular complexity index is 496. The minimum absolute atomic E-state index is 0.445. The largest absolute Gasteiger partial charge is 0.495 e. The Balaban J connectivity index is 2.73. The van der Waals surface area contributed by atoms with Crippen LogP contribution in [0.5, 0.6) is 5.75 Å². The molecule has 0 aliphatic rings. The van der Waals surface area contributed by atoms with Crippen molar-refractivity contribution in [1.82, 2.24) is 0 Å². The van der Waals surface area contributed by atoms with Crippen LogP contribution in [0.15, 0.2) is 29.4 Å². The molecule has 0 N–H and O–H groups in total. The van der Waals surface area contributed by atoms with E-state index in [1.807, 2.05) is 18.2 Å². The third kappa shape index (κ3) is 3.90. The van der Waals surface area contributed by atoms with E-state index in [4.69, 9.17) is 15.5 Å². The Hall–Kier alpha value is -2.44. The number of benzene rings is 1. The molecule has 5 nitrogen and oxygen atoms in total. The molecule has 86 valence electrons. The minimum Gasteiger partial charge on any atom is -0.495 e. The summed E-state index contributed by atoms with van der Waals surface area (Å²) in [5.41, 5.74) is 9.55. The smallest absolute Gasteiger partial charge is 0.137 e. The van der Waals surface area contributed by atoms with Crippen molar-refractivity contribution in [2.24, 2.45) is 5.11 Å². The first kappa shape index (κ1) is 12.6. The number of rotatable bonds is 5. The molecular weight excluding hydrogens is 216 g/mol. The molecule has 0 radical (unpaired) electrons. The molecule has 0 heterocycles. The predicted molar refractivity (Wildman–Crippen MR) is 65.4 cm³/mol. The van der Waals surface area contributed by atoms with Crippen LogP contribution in [0.3, 0.4) is 0 Å². The van der Waals surface area contributed by atoms with Gasteiger partial charge in [0.05, 0.1) is 12.7 Å². The average molecular weight is 228 g/mol. The Morgan fingerprint density at radius 3 is 3.06 bits per heavy atom. The zero-order valence-corrected chi connectivity index (χ0v) is 9.50. The van der Waals surface area contributed by atoms with E-state index in [0.717, 1.165) is 5.56 Å². The lowest BCUT2D eigenvalue weighted by atomic mass is 10.1. The van der Waals surface area contributed by atoms with Gasteiger partial charge in [0.25, 0.3) is 0 Å². The van der Waals surface area contributed by atoms with E-state index in [1.54, 1.807) is 12.1 Å². The van der Waals surface area contributed by atoms with E-state index in [2.05, 4.69) is 16.1 Å². The van der Waals surface area contributed by atoms with E-state index in [1.165, 1.54) is 7.11 Å². The number of hydrogen-bond acceptors (Lipinski definition) is 3.